The van der Waals surface area contributed by atoms with Gasteiger partial charge in [-0.3, -0.25) is 9.59 Å². The lowest BCUT2D eigenvalue weighted by molar-refractivity contribution is -0.131. The maximum absolute atomic E-state index is 11.7. The van der Waals surface area contributed by atoms with Crippen LogP contribution in [0.1, 0.15) is 46.0 Å². The normalized spacial score (nSPS) is 29.4. The van der Waals surface area contributed by atoms with E-state index in [1.807, 2.05) is 0 Å². The lowest BCUT2D eigenvalue weighted by Gasteiger charge is -2.23. The molecule has 1 atom stereocenters. The van der Waals surface area contributed by atoms with Crippen molar-refractivity contribution in [2.75, 3.05) is 0 Å². The Bertz CT molecular complexity index is 274. The van der Waals surface area contributed by atoms with Gasteiger partial charge in [0.25, 0.3) is 0 Å². The van der Waals surface area contributed by atoms with Gasteiger partial charge in [0, 0.05) is 11.8 Å². The van der Waals surface area contributed by atoms with E-state index < -0.39 is 0 Å². The minimum atomic E-state index is 0.173. The molecule has 2 aliphatic carbocycles. The third kappa shape index (κ3) is 1.75. The number of carbonyl (C=O) groups excluding carboxylic acids is 2. The maximum atomic E-state index is 11.7. The molecule has 0 spiro atoms. The summed E-state index contributed by atoms with van der Waals surface area (Å²) in [5.74, 6) is 0.781. The van der Waals surface area contributed by atoms with Crippen LogP contribution in [0, 0.1) is 17.3 Å². The van der Waals surface area contributed by atoms with Crippen LogP contribution in [-0.2, 0) is 9.59 Å². The van der Waals surface area contributed by atoms with Crippen LogP contribution in [0.25, 0.3) is 0 Å². The Morgan fingerprint density at radius 3 is 2.14 bits per heavy atom. The van der Waals surface area contributed by atoms with Crippen molar-refractivity contribution in [3.8, 4) is 0 Å². The van der Waals surface area contributed by atoms with Crippen LogP contribution in [0.5, 0.6) is 0 Å². The molecular weight excluding hydrogens is 176 g/mol. The lowest BCUT2D eigenvalue weighted by atomic mass is 9.80. The van der Waals surface area contributed by atoms with Gasteiger partial charge < -0.3 is 0 Å². The van der Waals surface area contributed by atoms with Crippen molar-refractivity contribution in [2.45, 2.75) is 46.0 Å². The first-order valence-electron chi connectivity index (χ1n) is 5.56. The van der Waals surface area contributed by atoms with Crippen LogP contribution in [0.15, 0.2) is 0 Å². The van der Waals surface area contributed by atoms with Gasteiger partial charge in [-0.1, -0.05) is 20.3 Å². The van der Waals surface area contributed by atoms with E-state index in [2.05, 4.69) is 13.8 Å². The SMILES string of the molecule is CC1(C)CC1C(=O)CC(=O)C1CCC1. The molecule has 2 fully saturated rings. The summed E-state index contributed by atoms with van der Waals surface area (Å²) in [5, 5.41) is 0. The van der Waals surface area contributed by atoms with E-state index in [0.29, 0.717) is 0 Å². The lowest BCUT2D eigenvalue weighted by Crippen LogP contribution is -2.25. The molecule has 2 rings (SSSR count). The Morgan fingerprint density at radius 1 is 1.21 bits per heavy atom. The number of Topliss-reactive ketones (excluding diaryl/α,β-unsaturated/α-hetero) is 2. The Labute approximate surface area is 85.1 Å². The molecule has 1 unspecified atom stereocenters. The molecule has 2 heteroatoms. The van der Waals surface area contributed by atoms with Crippen molar-refractivity contribution in [1.29, 1.82) is 0 Å². The monoisotopic (exact) mass is 194 g/mol. The van der Waals surface area contributed by atoms with Gasteiger partial charge in [0.05, 0.1) is 6.42 Å². The van der Waals surface area contributed by atoms with E-state index in [4.69, 9.17) is 0 Å². The van der Waals surface area contributed by atoms with Gasteiger partial charge in [-0.2, -0.15) is 0 Å². The smallest absolute Gasteiger partial charge is 0.143 e. The predicted molar refractivity (Wildman–Crippen MR) is 53.9 cm³/mol. The van der Waals surface area contributed by atoms with Crippen molar-refractivity contribution in [1.82, 2.24) is 0 Å². The highest BCUT2D eigenvalue weighted by Gasteiger charge is 2.50. The molecule has 0 aliphatic heterocycles. The van der Waals surface area contributed by atoms with Gasteiger partial charge in [0.2, 0.25) is 0 Å². The zero-order valence-electron chi connectivity index (χ0n) is 9.01. The summed E-state index contributed by atoms with van der Waals surface area (Å²) in [6, 6.07) is 0. The zero-order valence-corrected chi connectivity index (χ0v) is 9.01. The fourth-order valence-corrected chi connectivity index (χ4v) is 2.19. The second-order valence-electron chi connectivity index (χ2n) is 5.48. The minimum Gasteiger partial charge on any atom is -0.299 e. The largest absolute Gasteiger partial charge is 0.299 e. The molecule has 0 radical (unpaired) electrons. The first-order chi connectivity index (χ1) is 6.50. The van der Waals surface area contributed by atoms with E-state index in [1.54, 1.807) is 0 Å². The van der Waals surface area contributed by atoms with Crippen molar-refractivity contribution in [2.24, 2.45) is 17.3 Å². The first-order valence-corrected chi connectivity index (χ1v) is 5.56. The van der Waals surface area contributed by atoms with E-state index in [1.165, 1.54) is 6.42 Å². The summed E-state index contributed by atoms with van der Waals surface area (Å²) < 4.78 is 0. The number of ketones is 2. The summed E-state index contributed by atoms with van der Waals surface area (Å²) in [5.41, 5.74) is 0.178. The Morgan fingerprint density at radius 2 is 1.79 bits per heavy atom. The van der Waals surface area contributed by atoms with Crippen LogP contribution in [0.4, 0.5) is 0 Å². The standard InChI is InChI=1S/C12H18O2/c1-12(2)7-9(12)11(14)6-10(13)8-4-3-5-8/h8-9H,3-7H2,1-2H3. The number of hydrogen-bond acceptors (Lipinski definition) is 2. The van der Waals surface area contributed by atoms with Crippen LogP contribution >= 0.6 is 0 Å². The number of hydrogen-bond donors (Lipinski definition) is 0. The highest BCUT2D eigenvalue weighted by atomic mass is 16.1. The third-order valence-electron chi connectivity index (χ3n) is 3.81. The molecule has 14 heavy (non-hydrogen) atoms. The molecule has 0 aromatic carbocycles. The molecule has 2 nitrogen and oxygen atoms in total. The van der Waals surface area contributed by atoms with Crippen molar-refractivity contribution < 1.29 is 9.59 Å². The average molecular weight is 194 g/mol. The molecule has 78 valence electrons. The quantitative estimate of drug-likeness (QED) is 0.644. The number of carbonyl (C=O) groups is 2. The van der Waals surface area contributed by atoms with Gasteiger partial charge in [-0.05, 0) is 24.7 Å². The second-order valence-corrected chi connectivity index (χ2v) is 5.48. The molecular formula is C12H18O2. The zero-order chi connectivity index (χ0) is 10.3. The summed E-state index contributed by atoms with van der Waals surface area (Å²) in [7, 11) is 0. The van der Waals surface area contributed by atoms with Gasteiger partial charge >= 0.3 is 0 Å². The van der Waals surface area contributed by atoms with Crippen LogP contribution in [-0.4, -0.2) is 11.6 Å². The number of rotatable bonds is 4. The highest BCUT2D eigenvalue weighted by molar-refractivity contribution is 6.02. The summed E-state index contributed by atoms with van der Waals surface area (Å²) in [6.07, 6.45) is 4.38. The molecule has 0 aromatic rings. The average Bonchev–Trinajstić information content (AvgIpc) is 2.55. The summed E-state index contributed by atoms with van der Waals surface area (Å²) in [6.45, 7) is 4.20. The van der Waals surface area contributed by atoms with E-state index >= 15 is 0 Å². The Hall–Kier alpha value is -0.660. The summed E-state index contributed by atoms with van der Waals surface area (Å²) >= 11 is 0. The van der Waals surface area contributed by atoms with Crippen molar-refractivity contribution in [3.05, 3.63) is 0 Å². The molecule has 2 aliphatic rings. The molecule has 0 bridgehead atoms. The second kappa shape index (κ2) is 3.18. The Balaban J connectivity index is 1.80. The fraction of sp³-hybridized carbons (Fsp3) is 0.833. The van der Waals surface area contributed by atoms with E-state index in [0.717, 1.165) is 19.3 Å². The molecule has 0 N–H and O–H groups in total. The first kappa shape index (κ1) is 9.88. The summed E-state index contributed by atoms with van der Waals surface area (Å²) in [4.78, 5) is 23.2. The minimum absolute atomic E-state index is 0.173. The molecule has 0 amide bonds. The van der Waals surface area contributed by atoms with Crippen LogP contribution < -0.4 is 0 Å². The maximum Gasteiger partial charge on any atom is 0.143 e. The molecule has 0 aromatic heterocycles. The fourth-order valence-electron chi connectivity index (χ4n) is 2.19. The van der Waals surface area contributed by atoms with Crippen LogP contribution in [0.3, 0.4) is 0 Å². The predicted octanol–water partition coefficient (Wildman–Crippen LogP) is 2.36. The van der Waals surface area contributed by atoms with Crippen LogP contribution in [0.2, 0.25) is 0 Å². The third-order valence-corrected chi connectivity index (χ3v) is 3.81. The molecule has 2 saturated carbocycles. The topological polar surface area (TPSA) is 34.1 Å². The van der Waals surface area contributed by atoms with E-state index in [9.17, 15) is 9.59 Å². The molecule has 0 heterocycles. The van der Waals surface area contributed by atoms with Crippen molar-refractivity contribution >= 4 is 11.6 Å². The Kier molecular flexibility index (Phi) is 2.24. The van der Waals surface area contributed by atoms with Gasteiger partial charge in [0.15, 0.2) is 0 Å². The van der Waals surface area contributed by atoms with Gasteiger partial charge in [-0.15, -0.1) is 0 Å². The van der Waals surface area contributed by atoms with Crippen molar-refractivity contribution in [3.63, 3.8) is 0 Å². The van der Waals surface area contributed by atoms with Gasteiger partial charge in [-0.25, -0.2) is 0 Å². The molecule has 0 saturated heterocycles. The van der Waals surface area contributed by atoms with Gasteiger partial charge in [0.1, 0.15) is 11.6 Å². The highest BCUT2D eigenvalue weighted by Crippen LogP contribution is 2.52. The van der Waals surface area contributed by atoms with E-state index in [-0.39, 0.29) is 35.2 Å².